The van der Waals surface area contributed by atoms with Crippen LogP contribution < -0.4 is 14.8 Å². The number of esters is 1. The lowest BCUT2D eigenvalue weighted by Gasteiger charge is -2.33. The molecule has 2 aromatic rings. The molecule has 0 spiro atoms. The summed E-state index contributed by atoms with van der Waals surface area (Å²) in [4.78, 5) is 31.9. The summed E-state index contributed by atoms with van der Waals surface area (Å²) in [6.07, 6.45) is 1.90. The number of benzene rings is 2. The summed E-state index contributed by atoms with van der Waals surface area (Å²) in [5.41, 5.74) is 4.86. The Morgan fingerprint density at radius 2 is 1.89 bits per heavy atom. The number of ether oxygens (including phenoxy) is 3. The van der Waals surface area contributed by atoms with E-state index in [1.807, 2.05) is 67.6 Å². The number of hydrogen-bond acceptors (Lipinski definition) is 8. The molecular weight excluding hydrogens is 478 g/mol. The minimum atomic E-state index is -0.432. The van der Waals surface area contributed by atoms with E-state index in [-0.39, 0.29) is 19.1 Å². The number of carbonyl (C=O) groups is 2. The number of carbonyl (C=O) groups excluding carboxylic acids is 2. The van der Waals surface area contributed by atoms with Gasteiger partial charge in [-0.3, -0.25) is 4.79 Å². The van der Waals surface area contributed by atoms with E-state index in [0.29, 0.717) is 28.5 Å². The summed E-state index contributed by atoms with van der Waals surface area (Å²) in [5.74, 6) is 0.188. The van der Waals surface area contributed by atoms with Crippen LogP contribution in [0.1, 0.15) is 36.6 Å². The topological polar surface area (TPSA) is 89.5 Å². The molecular formula is C27H29N3O5S. The van der Waals surface area contributed by atoms with Crippen molar-refractivity contribution in [1.29, 1.82) is 0 Å². The standard InChI is InChI=1S/C27H29N3O5S/c1-6-34-26(32)24-18(4)28-27-30(11-12-36-27)25(24)19-8-10-21(22(14-19)33-5)35-15-23(31)29-20-9-7-16(2)17(3)13-20/h7-14,25H,6,15H2,1-5H3,(H,29,31)/t25-/m0/s1. The van der Waals surface area contributed by atoms with Gasteiger partial charge in [0.1, 0.15) is 0 Å². The third-order valence-electron chi connectivity index (χ3n) is 5.97. The molecule has 2 aliphatic heterocycles. The first-order chi connectivity index (χ1) is 17.3. The number of thioether (sulfide) groups is 1. The average Bonchev–Trinajstić information content (AvgIpc) is 3.32. The first kappa shape index (κ1) is 25.4. The van der Waals surface area contributed by atoms with E-state index < -0.39 is 12.0 Å². The largest absolute Gasteiger partial charge is 0.493 e. The molecule has 1 atom stereocenters. The fourth-order valence-electron chi connectivity index (χ4n) is 4.03. The molecule has 0 unspecified atom stereocenters. The maximum atomic E-state index is 12.9. The molecule has 4 rings (SSSR count). The number of fused-ring (bicyclic) bond motifs is 1. The second kappa shape index (κ2) is 10.9. The normalized spacial score (nSPS) is 16.4. The number of amidine groups is 1. The van der Waals surface area contributed by atoms with Crippen LogP contribution in [0.3, 0.4) is 0 Å². The maximum Gasteiger partial charge on any atom is 0.338 e. The van der Waals surface area contributed by atoms with Gasteiger partial charge >= 0.3 is 5.97 Å². The van der Waals surface area contributed by atoms with Crippen LogP contribution in [0.4, 0.5) is 5.69 Å². The summed E-state index contributed by atoms with van der Waals surface area (Å²) < 4.78 is 16.7. The monoisotopic (exact) mass is 507 g/mol. The number of amides is 1. The zero-order valence-electron chi connectivity index (χ0n) is 21.0. The summed E-state index contributed by atoms with van der Waals surface area (Å²) in [6.45, 7) is 7.69. The number of hydrogen-bond donors (Lipinski definition) is 1. The van der Waals surface area contributed by atoms with E-state index in [0.717, 1.165) is 21.9 Å². The Morgan fingerprint density at radius 1 is 1.08 bits per heavy atom. The van der Waals surface area contributed by atoms with Gasteiger partial charge in [-0.25, -0.2) is 9.79 Å². The highest BCUT2D eigenvalue weighted by molar-refractivity contribution is 8.16. The Hall–Kier alpha value is -3.72. The van der Waals surface area contributed by atoms with Gasteiger partial charge in [-0.15, -0.1) is 0 Å². The molecule has 1 amide bonds. The van der Waals surface area contributed by atoms with E-state index in [4.69, 9.17) is 14.2 Å². The van der Waals surface area contributed by atoms with Gasteiger partial charge in [0.2, 0.25) is 0 Å². The van der Waals surface area contributed by atoms with Gasteiger partial charge < -0.3 is 24.4 Å². The molecule has 0 aromatic heterocycles. The third-order valence-corrected chi connectivity index (χ3v) is 6.74. The molecule has 1 N–H and O–H groups in total. The van der Waals surface area contributed by atoms with Crippen LogP contribution in [0, 0.1) is 13.8 Å². The summed E-state index contributed by atoms with van der Waals surface area (Å²) >= 11 is 1.49. The molecule has 0 saturated heterocycles. The second-order valence-corrected chi connectivity index (χ2v) is 9.25. The van der Waals surface area contributed by atoms with E-state index in [1.54, 1.807) is 13.0 Å². The maximum absolute atomic E-state index is 12.9. The minimum absolute atomic E-state index is 0.179. The molecule has 8 nitrogen and oxygen atoms in total. The van der Waals surface area contributed by atoms with Crippen molar-refractivity contribution >= 4 is 34.5 Å². The van der Waals surface area contributed by atoms with Crippen LogP contribution in [0.25, 0.3) is 0 Å². The van der Waals surface area contributed by atoms with Crippen molar-refractivity contribution < 1.29 is 23.8 Å². The molecule has 0 radical (unpaired) electrons. The van der Waals surface area contributed by atoms with Crippen LogP contribution in [-0.4, -0.2) is 42.3 Å². The molecule has 2 aromatic carbocycles. The molecule has 0 bridgehead atoms. The van der Waals surface area contributed by atoms with Gasteiger partial charge in [0, 0.05) is 11.9 Å². The van der Waals surface area contributed by atoms with Gasteiger partial charge in [0.25, 0.3) is 5.91 Å². The quantitative estimate of drug-likeness (QED) is 0.498. The summed E-state index contributed by atoms with van der Waals surface area (Å²) in [7, 11) is 1.54. The smallest absolute Gasteiger partial charge is 0.338 e. The summed E-state index contributed by atoms with van der Waals surface area (Å²) in [6, 6.07) is 10.7. The highest BCUT2D eigenvalue weighted by Crippen LogP contribution is 2.43. The summed E-state index contributed by atoms with van der Waals surface area (Å²) in [5, 5.41) is 5.56. The SMILES string of the molecule is CCOC(=O)C1=C(C)N=C2SC=CN2[C@H]1c1ccc(OCC(=O)Nc2ccc(C)c(C)c2)c(OC)c1. The van der Waals surface area contributed by atoms with Crippen molar-refractivity contribution in [3.63, 3.8) is 0 Å². The fourth-order valence-corrected chi connectivity index (χ4v) is 4.82. The van der Waals surface area contributed by atoms with E-state index in [9.17, 15) is 9.59 Å². The van der Waals surface area contributed by atoms with Gasteiger partial charge in [-0.2, -0.15) is 0 Å². The van der Waals surface area contributed by atoms with Gasteiger partial charge in [-0.1, -0.05) is 23.9 Å². The molecule has 2 heterocycles. The fraction of sp³-hybridized carbons (Fsp3) is 0.296. The van der Waals surface area contributed by atoms with Gasteiger partial charge in [0.15, 0.2) is 23.3 Å². The molecule has 36 heavy (non-hydrogen) atoms. The third kappa shape index (κ3) is 5.26. The zero-order valence-corrected chi connectivity index (χ0v) is 21.8. The number of nitrogens with one attached hydrogen (secondary N) is 1. The highest BCUT2D eigenvalue weighted by atomic mass is 32.2. The van der Waals surface area contributed by atoms with Crippen LogP contribution in [0.2, 0.25) is 0 Å². The number of allylic oxidation sites excluding steroid dienone is 1. The minimum Gasteiger partial charge on any atom is -0.493 e. The van der Waals surface area contributed by atoms with Crippen LogP contribution >= 0.6 is 11.8 Å². The predicted molar refractivity (Wildman–Crippen MR) is 141 cm³/mol. The Morgan fingerprint density at radius 3 is 2.61 bits per heavy atom. The van der Waals surface area contributed by atoms with Gasteiger partial charge in [-0.05, 0) is 74.1 Å². The van der Waals surface area contributed by atoms with Crippen molar-refractivity contribution in [1.82, 2.24) is 4.90 Å². The second-order valence-electron chi connectivity index (χ2n) is 8.37. The van der Waals surface area contributed by atoms with Crippen LogP contribution in [0.15, 0.2) is 64.3 Å². The van der Waals surface area contributed by atoms with Crippen molar-refractivity contribution in [2.75, 3.05) is 25.6 Å². The lowest BCUT2D eigenvalue weighted by molar-refractivity contribution is -0.139. The molecule has 188 valence electrons. The molecule has 0 aliphatic carbocycles. The Balaban J connectivity index is 1.54. The predicted octanol–water partition coefficient (Wildman–Crippen LogP) is 5.10. The van der Waals surface area contributed by atoms with E-state index >= 15 is 0 Å². The highest BCUT2D eigenvalue weighted by Gasteiger charge is 2.37. The lowest BCUT2D eigenvalue weighted by Crippen LogP contribution is -2.34. The number of anilines is 1. The molecule has 0 fully saturated rings. The Bertz CT molecular complexity index is 1280. The first-order valence-corrected chi connectivity index (χ1v) is 12.5. The Kier molecular flexibility index (Phi) is 7.69. The van der Waals surface area contributed by atoms with Crippen molar-refractivity contribution in [3.8, 4) is 11.5 Å². The first-order valence-electron chi connectivity index (χ1n) is 11.6. The van der Waals surface area contributed by atoms with E-state index in [1.165, 1.54) is 18.9 Å². The van der Waals surface area contributed by atoms with Crippen LogP contribution in [-0.2, 0) is 14.3 Å². The number of aliphatic imine (C=N–C) groups is 1. The molecule has 9 heteroatoms. The Labute approximate surface area is 215 Å². The number of rotatable bonds is 8. The van der Waals surface area contributed by atoms with Crippen molar-refractivity contribution in [2.45, 2.75) is 33.7 Å². The zero-order chi connectivity index (χ0) is 25.8. The average molecular weight is 508 g/mol. The van der Waals surface area contributed by atoms with E-state index in [2.05, 4.69) is 10.3 Å². The van der Waals surface area contributed by atoms with Crippen LogP contribution in [0.5, 0.6) is 11.5 Å². The van der Waals surface area contributed by atoms with Crippen molar-refractivity contribution in [2.24, 2.45) is 4.99 Å². The number of aryl methyl sites for hydroxylation is 2. The van der Waals surface area contributed by atoms with Gasteiger partial charge in [0.05, 0.1) is 31.0 Å². The molecule has 2 aliphatic rings. The molecule has 0 saturated carbocycles. The lowest BCUT2D eigenvalue weighted by atomic mass is 9.94. The number of nitrogens with zero attached hydrogens (tertiary/aromatic N) is 2. The van der Waals surface area contributed by atoms with Crippen molar-refractivity contribution in [3.05, 3.63) is 76.0 Å². The number of methoxy groups -OCH3 is 1.